The van der Waals surface area contributed by atoms with Crippen LogP contribution in [0.15, 0.2) is 18.2 Å². The van der Waals surface area contributed by atoms with Crippen LogP contribution in [0.2, 0.25) is 0 Å². The molecule has 1 aromatic rings. The number of carboxylic acids is 1. The number of rotatable bonds is 10. The van der Waals surface area contributed by atoms with Gasteiger partial charge in [-0.1, -0.05) is 6.07 Å². The summed E-state index contributed by atoms with van der Waals surface area (Å²) < 4.78 is 16.3. The van der Waals surface area contributed by atoms with Crippen LogP contribution in [0.3, 0.4) is 0 Å². The molecule has 1 aromatic carbocycles. The maximum atomic E-state index is 11.8. The molecule has 0 aliphatic heterocycles. The number of carbonyl (C=O) groups is 2. The number of ether oxygens (including phenoxy) is 3. The van der Waals surface area contributed by atoms with Gasteiger partial charge in [-0.25, -0.2) is 9.59 Å². The van der Waals surface area contributed by atoms with Gasteiger partial charge < -0.3 is 24.6 Å². The van der Waals surface area contributed by atoms with E-state index in [0.717, 1.165) is 5.56 Å². The number of amides is 1. The number of hydrogen-bond donors (Lipinski definition) is 2. The van der Waals surface area contributed by atoms with E-state index in [1.807, 2.05) is 32.0 Å². The average molecular weight is 381 g/mol. The first-order valence-electron chi connectivity index (χ1n) is 9.27. The third-order valence-electron chi connectivity index (χ3n) is 3.56. The molecule has 0 saturated carbocycles. The summed E-state index contributed by atoms with van der Waals surface area (Å²) in [7, 11) is 0. The normalized spacial score (nSPS) is 12.2. The Morgan fingerprint density at radius 1 is 1.11 bits per heavy atom. The Hall–Kier alpha value is -2.44. The van der Waals surface area contributed by atoms with E-state index in [1.165, 1.54) is 0 Å². The predicted molar refractivity (Wildman–Crippen MR) is 103 cm³/mol. The van der Waals surface area contributed by atoms with Crippen molar-refractivity contribution in [2.75, 3.05) is 13.2 Å². The Balaban J connectivity index is 2.63. The second kappa shape index (κ2) is 10.6. The van der Waals surface area contributed by atoms with E-state index in [1.54, 1.807) is 20.8 Å². The van der Waals surface area contributed by atoms with Crippen molar-refractivity contribution in [3.63, 3.8) is 0 Å². The summed E-state index contributed by atoms with van der Waals surface area (Å²) in [6.45, 7) is 10.1. The Morgan fingerprint density at radius 3 is 2.30 bits per heavy atom. The summed E-state index contributed by atoms with van der Waals surface area (Å²) in [6.07, 6.45) is 0.819. The molecule has 0 bridgehead atoms. The third kappa shape index (κ3) is 8.66. The van der Waals surface area contributed by atoms with Gasteiger partial charge in [-0.05, 0) is 71.6 Å². The van der Waals surface area contributed by atoms with Crippen LogP contribution in [-0.4, -0.2) is 42.0 Å². The van der Waals surface area contributed by atoms with Gasteiger partial charge in [0, 0.05) is 0 Å². The lowest BCUT2D eigenvalue weighted by atomic mass is 10.0. The summed E-state index contributed by atoms with van der Waals surface area (Å²) in [5.41, 5.74) is 0.341. The van der Waals surface area contributed by atoms with E-state index >= 15 is 0 Å². The van der Waals surface area contributed by atoms with Gasteiger partial charge in [0.05, 0.1) is 13.2 Å². The van der Waals surface area contributed by atoms with Gasteiger partial charge in [-0.2, -0.15) is 0 Å². The second-order valence-electron chi connectivity index (χ2n) is 7.08. The van der Waals surface area contributed by atoms with Crippen molar-refractivity contribution in [3.8, 4) is 11.5 Å². The maximum Gasteiger partial charge on any atom is 0.408 e. The number of carboxylic acid groups (broad SMARTS) is 1. The van der Waals surface area contributed by atoms with Gasteiger partial charge in [0.2, 0.25) is 0 Å². The summed E-state index contributed by atoms with van der Waals surface area (Å²) in [4.78, 5) is 23.2. The van der Waals surface area contributed by atoms with Crippen molar-refractivity contribution in [3.05, 3.63) is 23.8 Å². The first-order valence-corrected chi connectivity index (χ1v) is 9.27. The van der Waals surface area contributed by atoms with Crippen LogP contribution in [0.5, 0.6) is 11.5 Å². The fourth-order valence-electron chi connectivity index (χ4n) is 2.47. The van der Waals surface area contributed by atoms with E-state index in [0.29, 0.717) is 44.0 Å². The van der Waals surface area contributed by atoms with E-state index in [4.69, 9.17) is 14.2 Å². The van der Waals surface area contributed by atoms with Crippen molar-refractivity contribution in [1.29, 1.82) is 0 Å². The van der Waals surface area contributed by atoms with Crippen LogP contribution in [0.4, 0.5) is 4.79 Å². The van der Waals surface area contributed by atoms with Crippen molar-refractivity contribution in [2.45, 2.75) is 65.5 Å². The van der Waals surface area contributed by atoms with Crippen LogP contribution in [-0.2, 0) is 16.0 Å². The first kappa shape index (κ1) is 22.6. The zero-order chi connectivity index (χ0) is 20.4. The zero-order valence-corrected chi connectivity index (χ0v) is 16.8. The molecule has 0 radical (unpaired) electrons. The van der Waals surface area contributed by atoms with Crippen LogP contribution in [0, 0.1) is 0 Å². The molecule has 0 fully saturated rings. The van der Waals surface area contributed by atoms with E-state index in [-0.39, 0.29) is 0 Å². The number of alkyl carbamates (subject to hydrolysis) is 1. The van der Waals surface area contributed by atoms with Crippen LogP contribution in [0.25, 0.3) is 0 Å². The second-order valence-corrected chi connectivity index (χ2v) is 7.08. The monoisotopic (exact) mass is 381 g/mol. The quantitative estimate of drug-likeness (QED) is 0.640. The zero-order valence-electron chi connectivity index (χ0n) is 16.8. The van der Waals surface area contributed by atoms with E-state index in [9.17, 15) is 14.7 Å². The number of benzene rings is 1. The van der Waals surface area contributed by atoms with Gasteiger partial charge in [0.25, 0.3) is 0 Å². The molecule has 0 aromatic heterocycles. The molecular weight excluding hydrogens is 350 g/mol. The minimum absolute atomic E-state index is 0.297. The van der Waals surface area contributed by atoms with Crippen molar-refractivity contribution in [1.82, 2.24) is 5.32 Å². The molecule has 1 rings (SSSR count). The fourth-order valence-corrected chi connectivity index (χ4v) is 2.47. The molecule has 7 heteroatoms. The number of hydrogen-bond acceptors (Lipinski definition) is 5. The fraction of sp³-hybridized carbons (Fsp3) is 0.600. The largest absolute Gasteiger partial charge is 0.490 e. The molecule has 0 spiro atoms. The molecule has 7 nitrogen and oxygen atoms in total. The van der Waals surface area contributed by atoms with Crippen LogP contribution in [0.1, 0.15) is 53.0 Å². The topological polar surface area (TPSA) is 94.1 Å². The Bertz CT molecular complexity index is 623. The Morgan fingerprint density at radius 2 is 1.74 bits per heavy atom. The van der Waals surface area contributed by atoms with Crippen molar-refractivity contribution >= 4 is 12.1 Å². The molecular formula is C20H31NO6. The number of aryl methyl sites for hydroxylation is 1. The SMILES string of the molecule is CCOc1ccc(CCCC(NC(=O)OC(C)(C)C)C(=O)O)cc1OCC. The molecule has 1 unspecified atom stereocenters. The van der Waals surface area contributed by atoms with Gasteiger partial charge in [0.1, 0.15) is 11.6 Å². The Labute approximate surface area is 161 Å². The molecule has 152 valence electrons. The Kier molecular flexibility index (Phi) is 8.91. The molecule has 0 saturated heterocycles. The van der Waals surface area contributed by atoms with E-state index in [2.05, 4.69) is 5.32 Å². The maximum absolute atomic E-state index is 11.8. The number of aliphatic carboxylic acids is 1. The average Bonchev–Trinajstić information content (AvgIpc) is 2.54. The molecule has 1 atom stereocenters. The van der Waals surface area contributed by atoms with Gasteiger partial charge in [0.15, 0.2) is 11.5 Å². The van der Waals surface area contributed by atoms with Crippen LogP contribution >= 0.6 is 0 Å². The molecule has 0 heterocycles. The number of carbonyl (C=O) groups excluding carboxylic acids is 1. The third-order valence-corrected chi connectivity index (χ3v) is 3.56. The summed E-state index contributed by atoms with van der Waals surface area (Å²) in [5, 5.41) is 11.7. The minimum Gasteiger partial charge on any atom is -0.490 e. The summed E-state index contributed by atoms with van der Waals surface area (Å²) in [6, 6.07) is 4.71. The molecule has 1 amide bonds. The molecule has 2 N–H and O–H groups in total. The predicted octanol–water partition coefficient (Wildman–Crippen LogP) is 3.78. The highest BCUT2D eigenvalue weighted by Gasteiger charge is 2.23. The summed E-state index contributed by atoms with van der Waals surface area (Å²) >= 11 is 0. The van der Waals surface area contributed by atoms with Gasteiger partial charge in [-0.3, -0.25) is 0 Å². The smallest absolute Gasteiger partial charge is 0.408 e. The van der Waals surface area contributed by atoms with Crippen molar-refractivity contribution < 1.29 is 28.9 Å². The first-order chi connectivity index (χ1) is 12.7. The molecule has 27 heavy (non-hydrogen) atoms. The highest BCUT2D eigenvalue weighted by molar-refractivity contribution is 5.79. The number of nitrogens with one attached hydrogen (secondary N) is 1. The van der Waals surface area contributed by atoms with Crippen molar-refractivity contribution in [2.24, 2.45) is 0 Å². The highest BCUT2D eigenvalue weighted by Crippen LogP contribution is 2.29. The minimum atomic E-state index is -1.08. The molecule has 0 aliphatic carbocycles. The lowest BCUT2D eigenvalue weighted by Gasteiger charge is -2.22. The van der Waals surface area contributed by atoms with Crippen LogP contribution < -0.4 is 14.8 Å². The lowest BCUT2D eigenvalue weighted by molar-refractivity contribution is -0.139. The standard InChI is InChI=1S/C20H31NO6/c1-6-25-16-12-11-14(13-17(16)26-7-2)9-8-10-15(18(22)23)21-19(24)27-20(3,4)5/h11-13,15H,6-10H2,1-5H3,(H,21,24)(H,22,23). The molecule has 0 aliphatic rings. The summed E-state index contributed by atoms with van der Waals surface area (Å²) in [5.74, 6) is 0.291. The lowest BCUT2D eigenvalue weighted by Crippen LogP contribution is -2.43. The van der Waals surface area contributed by atoms with Gasteiger partial charge in [-0.15, -0.1) is 0 Å². The van der Waals surface area contributed by atoms with E-state index < -0.39 is 23.7 Å². The highest BCUT2D eigenvalue weighted by atomic mass is 16.6. The van der Waals surface area contributed by atoms with Gasteiger partial charge >= 0.3 is 12.1 Å².